The van der Waals surface area contributed by atoms with Crippen molar-refractivity contribution < 1.29 is 4.48 Å². The molecule has 80 valence electrons. The highest BCUT2D eigenvalue weighted by atomic mass is 15.3. The predicted molar refractivity (Wildman–Crippen MR) is 61.0 cm³/mol. The van der Waals surface area contributed by atoms with Crippen molar-refractivity contribution >= 4 is 0 Å². The van der Waals surface area contributed by atoms with Crippen molar-refractivity contribution in [3.05, 3.63) is 0 Å². The normalized spacial score (nSPS) is 19.4. The monoisotopic (exact) mass is 195 g/mol. The van der Waals surface area contributed by atoms with E-state index in [-0.39, 0.29) is 0 Å². The highest BCUT2D eigenvalue weighted by Crippen LogP contribution is 2.14. The first-order valence-corrected chi connectivity index (χ1v) is 5.56. The van der Waals surface area contributed by atoms with Crippen LogP contribution < -0.4 is 0 Å². The van der Waals surface area contributed by atoms with Gasteiger partial charge in [0.2, 0.25) is 0 Å². The molecule has 0 aliphatic carbocycles. The lowest BCUT2D eigenvalue weighted by molar-refractivity contribution is -0.890. The second-order valence-electron chi connectivity index (χ2n) is 4.84. The van der Waals surface area contributed by atoms with Gasteiger partial charge in [-0.25, -0.2) is 0 Å². The van der Waals surface area contributed by atoms with Gasteiger partial charge >= 0.3 is 0 Å². The molecule has 0 aromatic rings. The van der Waals surface area contributed by atoms with Gasteiger partial charge in [0, 0.05) is 25.8 Å². The van der Waals surface area contributed by atoms with E-state index in [1.807, 2.05) is 0 Å². The van der Waals surface area contributed by atoms with Crippen molar-refractivity contribution in [2.45, 2.75) is 19.3 Å². The summed E-state index contributed by atoms with van der Waals surface area (Å²) >= 11 is 0. The number of nitrogens with zero attached hydrogens (tertiary/aromatic N) is 2. The smallest absolute Gasteiger partial charge is 0.140 e. The summed E-state index contributed by atoms with van der Waals surface area (Å²) < 4.78 is 1.18. The summed E-state index contributed by atoms with van der Waals surface area (Å²) in [6.45, 7) is 4.77. The zero-order chi connectivity index (χ0) is 10.4. The van der Waals surface area contributed by atoms with Crippen molar-refractivity contribution in [1.29, 1.82) is 0 Å². The Morgan fingerprint density at radius 1 is 1.14 bits per heavy atom. The molecular weight excluding hydrogens is 172 g/mol. The standard InChI is InChI=1S/C12H23N2/c1-13(2)9-5-4-6-10-14(3)11-7-8-12-14/h5,7-12H2,1-3H3/q+1. The van der Waals surface area contributed by atoms with Crippen molar-refractivity contribution in [3.8, 4) is 11.8 Å². The lowest BCUT2D eigenvalue weighted by Crippen LogP contribution is -2.40. The second-order valence-corrected chi connectivity index (χ2v) is 4.84. The molecular formula is C12H23N2+. The summed E-state index contributed by atoms with van der Waals surface area (Å²) in [6, 6.07) is 0. The first-order chi connectivity index (χ1) is 6.62. The third kappa shape index (κ3) is 4.13. The molecule has 2 heteroatoms. The van der Waals surface area contributed by atoms with Crippen LogP contribution in [0.2, 0.25) is 0 Å². The van der Waals surface area contributed by atoms with Gasteiger partial charge in [-0.2, -0.15) is 0 Å². The van der Waals surface area contributed by atoms with Gasteiger partial charge in [-0.05, 0) is 20.0 Å². The summed E-state index contributed by atoms with van der Waals surface area (Å²) in [4.78, 5) is 2.18. The number of likely N-dealkylation sites (tertiary alicyclic amines) is 1. The zero-order valence-corrected chi connectivity index (χ0v) is 9.84. The first kappa shape index (κ1) is 11.6. The van der Waals surface area contributed by atoms with Crippen LogP contribution in [0.25, 0.3) is 0 Å². The lowest BCUT2D eigenvalue weighted by atomic mass is 10.4. The van der Waals surface area contributed by atoms with Crippen LogP contribution in [0.4, 0.5) is 0 Å². The average molecular weight is 195 g/mol. The SMILES string of the molecule is CN(C)CCC#CC[N+]1(C)CCCC1. The van der Waals surface area contributed by atoms with E-state index in [0.29, 0.717) is 0 Å². The van der Waals surface area contributed by atoms with Crippen LogP contribution in [0.3, 0.4) is 0 Å². The summed E-state index contributed by atoms with van der Waals surface area (Å²) in [6.07, 6.45) is 3.78. The Morgan fingerprint density at radius 2 is 1.79 bits per heavy atom. The van der Waals surface area contributed by atoms with Gasteiger partial charge in [0.15, 0.2) is 0 Å². The summed E-state index contributed by atoms with van der Waals surface area (Å²) in [7, 11) is 6.51. The van der Waals surface area contributed by atoms with Crippen LogP contribution in [0.1, 0.15) is 19.3 Å². The van der Waals surface area contributed by atoms with Gasteiger partial charge < -0.3 is 9.38 Å². The molecule has 14 heavy (non-hydrogen) atoms. The maximum absolute atomic E-state index is 3.32. The Balaban J connectivity index is 2.18. The number of hydrogen-bond donors (Lipinski definition) is 0. The van der Waals surface area contributed by atoms with Gasteiger partial charge in [0.05, 0.1) is 20.1 Å². The molecule has 1 aliphatic rings. The molecule has 1 saturated heterocycles. The molecule has 1 aliphatic heterocycles. The van der Waals surface area contributed by atoms with Crippen molar-refractivity contribution in [2.24, 2.45) is 0 Å². The van der Waals surface area contributed by atoms with Gasteiger partial charge in [-0.3, -0.25) is 0 Å². The minimum Gasteiger partial charge on any atom is -0.316 e. The fraction of sp³-hybridized carbons (Fsp3) is 0.833. The molecule has 1 rings (SSSR count). The third-order valence-electron chi connectivity index (χ3n) is 2.92. The van der Waals surface area contributed by atoms with Gasteiger partial charge in [0.25, 0.3) is 0 Å². The molecule has 0 N–H and O–H groups in total. The molecule has 0 radical (unpaired) electrons. The minimum absolute atomic E-state index is 1.01. The van der Waals surface area contributed by atoms with E-state index in [1.54, 1.807) is 0 Å². The molecule has 0 aromatic carbocycles. The molecule has 1 fully saturated rings. The number of rotatable bonds is 3. The van der Waals surface area contributed by atoms with E-state index in [4.69, 9.17) is 0 Å². The topological polar surface area (TPSA) is 3.24 Å². The zero-order valence-electron chi connectivity index (χ0n) is 9.84. The molecule has 2 nitrogen and oxygen atoms in total. The van der Waals surface area contributed by atoms with Crippen LogP contribution in [-0.4, -0.2) is 56.7 Å². The first-order valence-electron chi connectivity index (χ1n) is 5.56. The van der Waals surface area contributed by atoms with E-state index in [1.165, 1.54) is 30.4 Å². The predicted octanol–water partition coefficient (Wildman–Crippen LogP) is 1.18. The van der Waals surface area contributed by atoms with Gasteiger partial charge in [-0.1, -0.05) is 5.92 Å². The van der Waals surface area contributed by atoms with Crippen LogP contribution in [-0.2, 0) is 0 Å². The van der Waals surface area contributed by atoms with E-state index in [9.17, 15) is 0 Å². The van der Waals surface area contributed by atoms with Crippen molar-refractivity contribution in [3.63, 3.8) is 0 Å². The van der Waals surface area contributed by atoms with E-state index < -0.39 is 0 Å². The molecule has 0 atom stereocenters. The molecule has 1 heterocycles. The Hall–Kier alpha value is -0.520. The maximum Gasteiger partial charge on any atom is 0.140 e. The molecule has 0 amide bonds. The Labute approximate surface area is 88.5 Å². The Bertz CT molecular complexity index is 216. The van der Waals surface area contributed by atoms with E-state index >= 15 is 0 Å². The average Bonchev–Trinajstić information content (AvgIpc) is 2.51. The van der Waals surface area contributed by atoms with Crippen LogP contribution in [0.15, 0.2) is 0 Å². The highest BCUT2D eigenvalue weighted by Gasteiger charge is 2.24. The number of hydrogen-bond acceptors (Lipinski definition) is 1. The van der Waals surface area contributed by atoms with Gasteiger partial charge in [0.1, 0.15) is 6.54 Å². The molecule has 0 aromatic heterocycles. The minimum atomic E-state index is 1.01. The fourth-order valence-corrected chi connectivity index (χ4v) is 1.87. The van der Waals surface area contributed by atoms with Gasteiger partial charge in [-0.15, -0.1) is 0 Å². The van der Waals surface area contributed by atoms with E-state index in [2.05, 4.69) is 37.9 Å². The lowest BCUT2D eigenvalue weighted by Gasteiger charge is -2.26. The second kappa shape index (κ2) is 5.38. The van der Waals surface area contributed by atoms with Crippen LogP contribution in [0.5, 0.6) is 0 Å². The quantitative estimate of drug-likeness (QED) is 0.483. The summed E-state index contributed by atoms with van der Waals surface area (Å²) in [5.41, 5.74) is 0. The largest absolute Gasteiger partial charge is 0.316 e. The fourth-order valence-electron chi connectivity index (χ4n) is 1.87. The Morgan fingerprint density at radius 3 is 2.36 bits per heavy atom. The molecule has 0 unspecified atom stereocenters. The maximum atomic E-state index is 3.32. The summed E-state index contributed by atoms with van der Waals surface area (Å²) in [5, 5.41) is 0. The highest BCUT2D eigenvalue weighted by molar-refractivity contribution is 4.99. The Kier molecular flexibility index (Phi) is 4.44. The van der Waals surface area contributed by atoms with Crippen LogP contribution >= 0.6 is 0 Å². The van der Waals surface area contributed by atoms with Crippen molar-refractivity contribution in [2.75, 3.05) is 47.3 Å². The third-order valence-corrected chi connectivity index (χ3v) is 2.92. The molecule has 0 saturated carbocycles. The van der Waals surface area contributed by atoms with Crippen LogP contribution in [0, 0.1) is 11.8 Å². The van der Waals surface area contributed by atoms with Crippen molar-refractivity contribution in [1.82, 2.24) is 4.90 Å². The number of quaternary nitrogens is 1. The molecule has 0 bridgehead atoms. The summed E-state index contributed by atoms with van der Waals surface area (Å²) in [5.74, 6) is 6.58. The molecule has 0 spiro atoms. The van der Waals surface area contributed by atoms with E-state index in [0.717, 1.165) is 19.5 Å².